The molecule has 0 spiro atoms. The summed E-state index contributed by atoms with van der Waals surface area (Å²) >= 11 is 0. The highest BCUT2D eigenvalue weighted by atomic mass is 19.1. The molecule has 1 heterocycles. The number of rotatable bonds is 7. The lowest BCUT2D eigenvalue weighted by Crippen LogP contribution is -2.34. The fourth-order valence-electron chi connectivity index (χ4n) is 3.02. The molecule has 2 aliphatic rings. The van der Waals surface area contributed by atoms with Gasteiger partial charge in [-0.3, -0.25) is 0 Å². The van der Waals surface area contributed by atoms with Gasteiger partial charge in [0.1, 0.15) is 11.6 Å². The Morgan fingerprint density at radius 1 is 1.11 bits per heavy atom. The van der Waals surface area contributed by atoms with Crippen molar-refractivity contribution in [1.29, 1.82) is 0 Å². The molecule has 1 unspecified atom stereocenters. The topological polar surface area (TPSA) is 71.3 Å². The van der Waals surface area contributed by atoms with Crippen molar-refractivity contribution in [1.82, 2.24) is 5.32 Å². The molecule has 1 fully saturated rings. The molecule has 5 nitrogen and oxygen atoms in total. The second-order valence-corrected chi connectivity index (χ2v) is 7.11. The van der Waals surface area contributed by atoms with Gasteiger partial charge >= 0.3 is 0 Å². The maximum atomic E-state index is 14.4. The van der Waals surface area contributed by atoms with Crippen molar-refractivity contribution in [2.24, 2.45) is 5.73 Å². The fourth-order valence-corrected chi connectivity index (χ4v) is 3.02. The van der Waals surface area contributed by atoms with Crippen LogP contribution in [0.1, 0.15) is 12.8 Å². The van der Waals surface area contributed by atoms with E-state index in [4.69, 9.17) is 10.5 Å². The quantitative estimate of drug-likeness (QED) is 0.586. The summed E-state index contributed by atoms with van der Waals surface area (Å²) in [5.41, 5.74) is 7.19. The number of hydrogen-bond acceptors (Lipinski definition) is 5. The van der Waals surface area contributed by atoms with E-state index >= 15 is 0 Å². The molecule has 0 amide bonds. The molecule has 1 aliphatic carbocycles. The van der Waals surface area contributed by atoms with Crippen LogP contribution in [-0.2, 0) is 0 Å². The molecule has 1 aliphatic heterocycles. The average molecular weight is 384 g/mol. The van der Waals surface area contributed by atoms with E-state index in [-0.39, 0.29) is 23.3 Å². The average Bonchev–Trinajstić information content (AvgIpc) is 3.44. The number of hydrogen-bond donors (Lipinski definition) is 4. The predicted molar refractivity (Wildman–Crippen MR) is 106 cm³/mol. The van der Waals surface area contributed by atoms with Crippen LogP contribution in [-0.4, -0.2) is 18.2 Å². The van der Waals surface area contributed by atoms with Crippen molar-refractivity contribution in [3.63, 3.8) is 0 Å². The van der Waals surface area contributed by atoms with Gasteiger partial charge < -0.3 is 26.4 Å². The molecule has 0 saturated heterocycles. The lowest BCUT2D eigenvalue weighted by molar-refractivity contribution is 0.404. The Balaban J connectivity index is 1.36. The van der Waals surface area contributed by atoms with Crippen LogP contribution in [0.3, 0.4) is 0 Å². The van der Waals surface area contributed by atoms with Gasteiger partial charge in [-0.2, -0.15) is 0 Å². The molecule has 4 rings (SSSR count). The number of ether oxygens (including phenoxy) is 1. The fraction of sp³-hybridized carbons (Fsp3) is 0.238. The van der Waals surface area contributed by atoms with E-state index in [0.29, 0.717) is 18.0 Å². The number of dihydropyridines is 1. The second-order valence-electron chi connectivity index (χ2n) is 7.11. The smallest absolute Gasteiger partial charge is 0.167 e. The number of nitrogens with one attached hydrogen (secondary N) is 3. The first-order valence-electron chi connectivity index (χ1n) is 9.16. The van der Waals surface area contributed by atoms with Crippen LogP contribution < -0.4 is 26.4 Å². The first-order chi connectivity index (χ1) is 13.5. The zero-order valence-corrected chi connectivity index (χ0v) is 15.2. The van der Waals surface area contributed by atoms with Crippen molar-refractivity contribution < 1.29 is 13.5 Å². The summed E-state index contributed by atoms with van der Waals surface area (Å²) in [5.74, 6) is -0.0841. The first kappa shape index (κ1) is 18.3. The Morgan fingerprint density at radius 3 is 2.54 bits per heavy atom. The maximum absolute atomic E-state index is 14.4. The minimum Gasteiger partial charge on any atom is -0.454 e. The zero-order chi connectivity index (χ0) is 19.6. The Hall–Kier alpha value is -3.06. The van der Waals surface area contributed by atoms with Crippen LogP contribution in [0.15, 0.2) is 66.6 Å². The van der Waals surface area contributed by atoms with Crippen molar-refractivity contribution in [2.75, 3.05) is 17.2 Å². The van der Waals surface area contributed by atoms with Gasteiger partial charge in [0.05, 0.1) is 11.7 Å². The van der Waals surface area contributed by atoms with Crippen LogP contribution in [0.25, 0.3) is 0 Å². The van der Waals surface area contributed by atoms with Crippen molar-refractivity contribution in [3.05, 3.63) is 78.2 Å². The standard InChI is InChI=1S/C21H22F2N4O/c22-14-1-3-15(4-2-14)27-21(8-9-21)13-26-16-5-6-19(18(23)11-16)28-17-7-10-25-20(24)12-17/h1-7,10-12,20,25-27H,8-9,13,24H2. The molecule has 0 bridgehead atoms. The molecule has 28 heavy (non-hydrogen) atoms. The molecular formula is C21H22F2N4O. The van der Waals surface area contributed by atoms with Crippen LogP contribution in [0.4, 0.5) is 20.2 Å². The highest BCUT2D eigenvalue weighted by Crippen LogP contribution is 2.39. The van der Waals surface area contributed by atoms with Crippen molar-refractivity contribution in [2.45, 2.75) is 24.5 Å². The van der Waals surface area contributed by atoms with Gasteiger partial charge in [0.2, 0.25) is 0 Å². The Morgan fingerprint density at radius 2 is 1.86 bits per heavy atom. The van der Waals surface area contributed by atoms with Crippen LogP contribution in [0.5, 0.6) is 5.75 Å². The summed E-state index contributed by atoms with van der Waals surface area (Å²) in [6.07, 6.45) is 6.66. The molecule has 146 valence electrons. The van der Waals surface area contributed by atoms with Gasteiger partial charge in [-0.1, -0.05) is 0 Å². The van der Waals surface area contributed by atoms with E-state index < -0.39 is 5.82 Å². The Bertz CT molecular complexity index is 907. The number of halogens is 2. The highest BCUT2D eigenvalue weighted by molar-refractivity contribution is 5.51. The van der Waals surface area contributed by atoms with E-state index in [1.807, 2.05) is 0 Å². The predicted octanol–water partition coefficient (Wildman–Crippen LogP) is 3.69. The summed E-state index contributed by atoms with van der Waals surface area (Å²) in [5, 5.41) is 9.59. The van der Waals surface area contributed by atoms with Crippen molar-refractivity contribution in [3.8, 4) is 5.75 Å². The van der Waals surface area contributed by atoms with E-state index in [0.717, 1.165) is 18.5 Å². The molecular weight excluding hydrogens is 362 g/mol. The molecule has 7 heteroatoms. The first-order valence-corrected chi connectivity index (χ1v) is 9.16. The largest absolute Gasteiger partial charge is 0.454 e. The zero-order valence-electron chi connectivity index (χ0n) is 15.2. The summed E-state index contributed by atoms with van der Waals surface area (Å²) in [6.45, 7) is 0.637. The molecule has 0 radical (unpaired) electrons. The number of anilines is 2. The maximum Gasteiger partial charge on any atom is 0.167 e. The summed E-state index contributed by atoms with van der Waals surface area (Å²) in [4.78, 5) is 0. The molecule has 2 aromatic carbocycles. The van der Waals surface area contributed by atoms with Gasteiger partial charge in [-0.25, -0.2) is 8.78 Å². The van der Waals surface area contributed by atoms with Crippen LogP contribution in [0, 0.1) is 11.6 Å². The minimum absolute atomic E-state index is 0.0929. The lowest BCUT2D eigenvalue weighted by atomic mass is 10.2. The third-order valence-corrected chi connectivity index (χ3v) is 4.78. The van der Waals surface area contributed by atoms with Crippen LogP contribution >= 0.6 is 0 Å². The third-order valence-electron chi connectivity index (χ3n) is 4.78. The van der Waals surface area contributed by atoms with E-state index in [9.17, 15) is 8.78 Å². The number of benzene rings is 2. The van der Waals surface area contributed by atoms with E-state index in [1.165, 1.54) is 18.2 Å². The number of allylic oxidation sites excluding steroid dienone is 1. The summed E-state index contributed by atoms with van der Waals surface area (Å²) in [6, 6.07) is 11.1. The molecule has 1 atom stereocenters. The minimum atomic E-state index is -0.456. The summed E-state index contributed by atoms with van der Waals surface area (Å²) in [7, 11) is 0. The normalized spacial score (nSPS) is 19.4. The lowest BCUT2D eigenvalue weighted by Gasteiger charge is -2.20. The van der Waals surface area contributed by atoms with Gasteiger partial charge in [0.25, 0.3) is 0 Å². The second kappa shape index (κ2) is 7.52. The Labute approximate surface area is 162 Å². The molecule has 0 aromatic heterocycles. The summed E-state index contributed by atoms with van der Waals surface area (Å²) < 4.78 is 33.0. The molecule has 1 saturated carbocycles. The molecule has 2 aromatic rings. The van der Waals surface area contributed by atoms with Crippen molar-refractivity contribution >= 4 is 11.4 Å². The molecule has 5 N–H and O–H groups in total. The van der Waals surface area contributed by atoms with E-state index in [1.54, 1.807) is 42.6 Å². The monoisotopic (exact) mass is 384 g/mol. The Kier molecular flexibility index (Phi) is 4.92. The van der Waals surface area contributed by atoms with Gasteiger partial charge in [0.15, 0.2) is 11.6 Å². The van der Waals surface area contributed by atoms with Gasteiger partial charge in [-0.05, 0) is 61.4 Å². The van der Waals surface area contributed by atoms with Gasteiger partial charge in [-0.15, -0.1) is 0 Å². The van der Waals surface area contributed by atoms with E-state index in [2.05, 4.69) is 16.0 Å². The highest BCUT2D eigenvalue weighted by Gasteiger charge is 2.42. The number of nitrogens with two attached hydrogens (primary N) is 1. The van der Waals surface area contributed by atoms with Gasteiger partial charge in [0, 0.05) is 30.2 Å². The SMILES string of the molecule is NC1C=C(Oc2ccc(NCC3(Nc4ccc(F)cc4)CC3)cc2F)C=CN1. The van der Waals surface area contributed by atoms with Crippen LogP contribution in [0.2, 0.25) is 0 Å². The third kappa shape index (κ3) is 4.43.